The second kappa shape index (κ2) is 9.38. The SMILES string of the molecule is Cc1cc(C)cc(C(=O)NCC(=O)Nc2cccc(S(=O)(=O)N3CCOCC3)c2)c1. The molecule has 1 aliphatic rings. The number of carbonyl (C=O) groups is 2. The average molecular weight is 432 g/mol. The highest BCUT2D eigenvalue weighted by molar-refractivity contribution is 7.89. The lowest BCUT2D eigenvalue weighted by atomic mass is 10.1. The highest BCUT2D eigenvalue weighted by Gasteiger charge is 2.26. The fourth-order valence-electron chi connectivity index (χ4n) is 3.24. The number of anilines is 1. The molecular weight excluding hydrogens is 406 g/mol. The number of nitrogens with one attached hydrogen (secondary N) is 2. The van der Waals surface area contributed by atoms with Gasteiger partial charge < -0.3 is 15.4 Å². The number of nitrogens with zero attached hydrogens (tertiary/aromatic N) is 1. The van der Waals surface area contributed by atoms with Crippen LogP contribution in [0.2, 0.25) is 0 Å². The van der Waals surface area contributed by atoms with Crippen LogP contribution in [0.1, 0.15) is 21.5 Å². The van der Waals surface area contributed by atoms with Gasteiger partial charge in [0.2, 0.25) is 15.9 Å². The summed E-state index contributed by atoms with van der Waals surface area (Å²) in [6.07, 6.45) is 0. The number of benzene rings is 2. The maximum atomic E-state index is 12.8. The fraction of sp³-hybridized carbons (Fsp3) is 0.333. The predicted molar refractivity (Wildman–Crippen MR) is 113 cm³/mol. The first kappa shape index (κ1) is 21.9. The number of aryl methyl sites for hydroxylation is 2. The number of ether oxygens (including phenoxy) is 1. The first-order valence-corrected chi connectivity index (χ1v) is 11.0. The van der Waals surface area contributed by atoms with E-state index in [2.05, 4.69) is 10.6 Å². The molecule has 9 heteroatoms. The molecule has 0 aliphatic carbocycles. The van der Waals surface area contributed by atoms with Crippen molar-refractivity contribution in [2.75, 3.05) is 38.2 Å². The van der Waals surface area contributed by atoms with Gasteiger partial charge in [0.1, 0.15) is 0 Å². The molecule has 1 saturated heterocycles. The van der Waals surface area contributed by atoms with Crippen LogP contribution in [0.3, 0.4) is 0 Å². The number of amides is 2. The molecule has 1 heterocycles. The third-order valence-electron chi connectivity index (χ3n) is 4.62. The van der Waals surface area contributed by atoms with Crippen molar-refractivity contribution in [2.24, 2.45) is 0 Å². The normalized spacial score (nSPS) is 14.9. The highest BCUT2D eigenvalue weighted by Crippen LogP contribution is 2.20. The van der Waals surface area contributed by atoms with E-state index in [-0.39, 0.29) is 17.3 Å². The van der Waals surface area contributed by atoms with Gasteiger partial charge in [-0.25, -0.2) is 8.42 Å². The lowest BCUT2D eigenvalue weighted by Crippen LogP contribution is -2.40. The fourth-order valence-corrected chi connectivity index (χ4v) is 4.70. The van der Waals surface area contributed by atoms with Crippen molar-refractivity contribution in [3.63, 3.8) is 0 Å². The summed E-state index contributed by atoms with van der Waals surface area (Å²) in [5.41, 5.74) is 2.75. The van der Waals surface area contributed by atoms with E-state index in [0.29, 0.717) is 37.6 Å². The molecule has 30 heavy (non-hydrogen) atoms. The number of sulfonamides is 1. The van der Waals surface area contributed by atoms with Crippen LogP contribution in [-0.2, 0) is 19.6 Å². The minimum atomic E-state index is -3.66. The Labute approximate surface area is 176 Å². The third-order valence-corrected chi connectivity index (χ3v) is 6.51. The molecule has 0 unspecified atom stereocenters. The van der Waals surface area contributed by atoms with Crippen molar-refractivity contribution >= 4 is 27.5 Å². The summed E-state index contributed by atoms with van der Waals surface area (Å²) in [6, 6.07) is 11.5. The van der Waals surface area contributed by atoms with Crippen molar-refractivity contribution in [3.8, 4) is 0 Å². The van der Waals surface area contributed by atoms with Gasteiger partial charge in [0.15, 0.2) is 0 Å². The maximum absolute atomic E-state index is 12.8. The van der Waals surface area contributed by atoms with Gasteiger partial charge in [0.25, 0.3) is 5.91 Å². The van der Waals surface area contributed by atoms with Gasteiger partial charge in [-0.05, 0) is 44.2 Å². The molecule has 0 aromatic heterocycles. The van der Waals surface area contributed by atoms with Crippen molar-refractivity contribution in [1.29, 1.82) is 0 Å². The van der Waals surface area contributed by atoms with Crippen LogP contribution in [0.15, 0.2) is 47.4 Å². The zero-order valence-electron chi connectivity index (χ0n) is 17.0. The van der Waals surface area contributed by atoms with Gasteiger partial charge in [-0.1, -0.05) is 23.3 Å². The van der Waals surface area contributed by atoms with Crippen LogP contribution in [0.4, 0.5) is 5.69 Å². The smallest absolute Gasteiger partial charge is 0.251 e. The Kier molecular flexibility index (Phi) is 6.86. The summed E-state index contributed by atoms with van der Waals surface area (Å²) >= 11 is 0. The van der Waals surface area contributed by atoms with E-state index in [1.807, 2.05) is 19.9 Å². The lowest BCUT2D eigenvalue weighted by molar-refractivity contribution is -0.115. The molecule has 0 saturated carbocycles. The summed E-state index contributed by atoms with van der Waals surface area (Å²) in [5, 5.41) is 5.20. The van der Waals surface area contributed by atoms with Crippen LogP contribution in [-0.4, -0.2) is 57.4 Å². The minimum absolute atomic E-state index is 0.0986. The van der Waals surface area contributed by atoms with Crippen molar-refractivity contribution in [1.82, 2.24) is 9.62 Å². The number of carbonyl (C=O) groups excluding carboxylic acids is 2. The highest BCUT2D eigenvalue weighted by atomic mass is 32.2. The Balaban J connectivity index is 1.61. The van der Waals surface area contributed by atoms with E-state index >= 15 is 0 Å². The number of hydrogen-bond donors (Lipinski definition) is 2. The Morgan fingerprint density at radius 1 is 1.03 bits per heavy atom. The molecule has 0 radical (unpaired) electrons. The van der Waals surface area contributed by atoms with E-state index < -0.39 is 15.9 Å². The van der Waals surface area contributed by atoms with Crippen LogP contribution in [0.25, 0.3) is 0 Å². The molecular formula is C21H25N3O5S. The Hall–Kier alpha value is -2.75. The monoisotopic (exact) mass is 431 g/mol. The summed E-state index contributed by atoms with van der Waals surface area (Å²) in [5.74, 6) is -0.797. The molecule has 2 aromatic carbocycles. The van der Waals surface area contributed by atoms with E-state index in [9.17, 15) is 18.0 Å². The van der Waals surface area contributed by atoms with E-state index in [1.54, 1.807) is 24.3 Å². The standard InChI is InChI=1S/C21H25N3O5S/c1-15-10-16(2)12-17(11-15)21(26)22-14-20(25)23-18-4-3-5-19(13-18)30(27,28)24-6-8-29-9-7-24/h3-5,10-13H,6-9,14H2,1-2H3,(H,22,26)(H,23,25). The maximum Gasteiger partial charge on any atom is 0.251 e. The third kappa shape index (κ3) is 5.44. The molecule has 1 aliphatic heterocycles. The zero-order valence-corrected chi connectivity index (χ0v) is 17.8. The molecule has 0 spiro atoms. The molecule has 2 aromatic rings. The van der Waals surface area contributed by atoms with Gasteiger partial charge in [0.05, 0.1) is 24.7 Å². The van der Waals surface area contributed by atoms with Gasteiger partial charge in [-0.15, -0.1) is 0 Å². The lowest BCUT2D eigenvalue weighted by Gasteiger charge is -2.26. The summed E-state index contributed by atoms with van der Waals surface area (Å²) in [4.78, 5) is 24.6. The van der Waals surface area contributed by atoms with Crippen LogP contribution in [0.5, 0.6) is 0 Å². The largest absolute Gasteiger partial charge is 0.379 e. The predicted octanol–water partition coefficient (Wildman–Crippen LogP) is 1.69. The van der Waals surface area contributed by atoms with E-state index in [4.69, 9.17) is 4.74 Å². The van der Waals surface area contributed by atoms with Gasteiger partial charge >= 0.3 is 0 Å². The van der Waals surface area contributed by atoms with Crippen molar-refractivity contribution in [3.05, 3.63) is 59.2 Å². The van der Waals surface area contributed by atoms with Crippen molar-refractivity contribution < 1.29 is 22.7 Å². The molecule has 1 fully saturated rings. The van der Waals surface area contributed by atoms with E-state index in [0.717, 1.165) is 11.1 Å². The van der Waals surface area contributed by atoms with Crippen LogP contribution < -0.4 is 10.6 Å². The first-order valence-electron chi connectivity index (χ1n) is 9.60. The Morgan fingerprint density at radius 2 is 1.70 bits per heavy atom. The van der Waals surface area contributed by atoms with Gasteiger partial charge in [-0.3, -0.25) is 9.59 Å². The quantitative estimate of drug-likeness (QED) is 0.724. The molecule has 0 bridgehead atoms. The van der Waals surface area contributed by atoms with E-state index in [1.165, 1.54) is 16.4 Å². The van der Waals surface area contributed by atoms with Crippen LogP contribution in [0, 0.1) is 13.8 Å². The van der Waals surface area contributed by atoms with Crippen LogP contribution >= 0.6 is 0 Å². The average Bonchev–Trinajstić information content (AvgIpc) is 2.72. The minimum Gasteiger partial charge on any atom is -0.379 e. The molecule has 2 N–H and O–H groups in total. The summed E-state index contributed by atoms with van der Waals surface area (Å²) in [7, 11) is -3.66. The number of rotatable bonds is 6. The zero-order chi connectivity index (χ0) is 21.7. The Bertz CT molecular complexity index is 1030. The van der Waals surface area contributed by atoms with Gasteiger partial charge in [-0.2, -0.15) is 4.31 Å². The summed E-state index contributed by atoms with van der Waals surface area (Å²) in [6.45, 7) is 4.87. The van der Waals surface area contributed by atoms with Crippen molar-refractivity contribution in [2.45, 2.75) is 18.7 Å². The second-order valence-corrected chi connectivity index (χ2v) is 9.09. The first-order chi connectivity index (χ1) is 14.3. The second-order valence-electron chi connectivity index (χ2n) is 7.15. The number of hydrogen-bond acceptors (Lipinski definition) is 5. The Morgan fingerprint density at radius 3 is 2.37 bits per heavy atom. The summed E-state index contributed by atoms with van der Waals surface area (Å²) < 4.78 is 32.1. The molecule has 2 amide bonds. The van der Waals surface area contributed by atoms with Gasteiger partial charge in [0, 0.05) is 24.3 Å². The topological polar surface area (TPSA) is 105 Å². The molecule has 3 rings (SSSR count). The molecule has 160 valence electrons. The number of morpholine rings is 1. The molecule has 0 atom stereocenters. The molecule has 8 nitrogen and oxygen atoms in total.